The molecule has 0 fully saturated rings. The van der Waals surface area contributed by atoms with Crippen molar-refractivity contribution < 1.29 is 13.7 Å². The van der Waals surface area contributed by atoms with E-state index in [9.17, 15) is 0 Å². The topological polar surface area (TPSA) is 0 Å². The van der Waals surface area contributed by atoms with Crippen LogP contribution in [0.3, 0.4) is 0 Å². The summed E-state index contributed by atoms with van der Waals surface area (Å²) in [4.78, 5) is 0. The fraction of sp³-hybridized carbons (Fsp3) is 0. The van der Waals surface area contributed by atoms with Gasteiger partial charge in [0.05, 0.1) is 0 Å². The summed E-state index contributed by atoms with van der Waals surface area (Å²) in [5, 5.41) is 9.14. The summed E-state index contributed by atoms with van der Waals surface area (Å²) in [5.41, 5.74) is 5.68. The Bertz CT molecular complexity index is 3640. The molecule has 0 aliphatic heterocycles. The Morgan fingerprint density at radius 1 is 0.321 bits per heavy atom. The molecular weight excluding hydrogens is 704 g/mol. The number of hydrogen-bond acceptors (Lipinski definition) is 0. The third-order valence-electron chi connectivity index (χ3n) is 10.4. The molecule has 1 heterocycles. The van der Waals surface area contributed by atoms with Crippen LogP contribution < -0.4 is 0 Å². The van der Waals surface area contributed by atoms with Crippen LogP contribution in [0.25, 0.3) is 107 Å². The maximum atomic E-state index is 8.97. The quantitative estimate of drug-likeness (QED) is 0.124. The molecule has 0 radical (unpaired) electrons. The Hall–Kier alpha value is -6.24. The van der Waals surface area contributed by atoms with Crippen molar-refractivity contribution in [2.75, 3.05) is 0 Å². The molecule has 0 aliphatic carbocycles. The SMILES string of the molecule is [2H]c1c([2H])c([2H])c(-c2c3ccccc3c(-c3ccc4c(c3)[se]c3cccc(-c5c6ccccc6c(-c6c([2H])c([2H])c([2H])c([2H])c6[2H])c6ccccc56)c34)c3ccccc23)c([2H])c1[2H]. The zero-order valence-corrected chi connectivity index (χ0v) is 29.8. The predicted molar refractivity (Wildman–Crippen MR) is 230 cm³/mol. The van der Waals surface area contributed by atoms with Crippen LogP contribution >= 0.6 is 0 Å². The van der Waals surface area contributed by atoms with Gasteiger partial charge in [-0.05, 0) is 0 Å². The molecular formula is C52H32Se. The molecule has 0 nitrogen and oxygen atoms in total. The standard InChI is InChI=1S/C52H32Se/c1-3-16-33(17-4-1)48-36-20-7-9-22-38(36)50(39-23-10-8-21-37(39)48)35-30-31-44-47(32-35)53-46-29-15-28-45(52(44)46)51-42-26-13-11-24-40(42)49(34-18-5-2-6-19-34)41-25-12-14-27-43(41)51/h1-32H/i1D,2D,3D,4D,5D,6D,16D,17D,18D,19D. The zero-order valence-electron chi connectivity index (χ0n) is 38.1. The molecule has 0 bridgehead atoms. The van der Waals surface area contributed by atoms with E-state index < -0.39 is 12.1 Å². The molecule has 0 unspecified atom stereocenters. The number of hydrogen-bond donors (Lipinski definition) is 0. The van der Waals surface area contributed by atoms with Gasteiger partial charge in [0.15, 0.2) is 0 Å². The van der Waals surface area contributed by atoms with Crippen molar-refractivity contribution in [3.8, 4) is 44.5 Å². The Kier molecular flexibility index (Phi) is 5.05. The van der Waals surface area contributed by atoms with Crippen molar-refractivity contribution in [1.82, 2.24) is 0 Å². The van der Waals surface area contributed by atoms with E-state index in [2.05, 4.69) is 48.5 Å². The van der Waals surface area contributed by atoms with Gasteiger partial charge in [-0.2, -0.15) is 0 Å². The molecule has 53 heavy (non-hydrogen) atoms. The maximum absolute atomic E-state index is 8.97. The second kappa shape index (κ2) is 12.2. The van der Waals surface area contributed by atoms with Crippen molar-refractivity contribution >= 4 is 76.9 Å². The predicted octanol–water partition coefficient (Wildman–Crippen LogP) is 14.3. The van der Waals surface area contributed by atoms with E-state index in [0.29, 0.717) is 11.1 Å². The van der Waals surface area contributed by atoms with Crippen molar-refractivity contribution in [3.63, 3.8) is 0 Å². The van der Waals surface area contributed by atoms with Gasteiger partial charge < -0.3 is 0 Å². The van der Waals surface area contributed by atoms with Gasteiger partial charge in [-0.3, -0.25) is 0 Å². The van der Waals surface area contributed by atoms with Gasteiger partial charge >= 0.3 is 329 Å². The fourth-order valence-corrected chi connectivity index (χ4v) is 10.8. The van der Waals surface area contributed by atoms with E-state index in [-0.39, 0.29) is 74.0 Å². The third-order valence-corrected chi connectivity index (χ3v) is 12.8. The van der Waals surface area contributed by atoms with Gasteiger partial charge in [-0.25, -0.2) is 0 Å². The molecule has 246 valence electrons. The number of fused-ring (bicyclic) bond motifs is 7. The van der Waals surface area contributed by atoms with Gasteiger partial charge in [0, 0.05) is 0 Å². The molecule has 0 saturated carbocycles. The van der Waals surface area contributed by atoms with Gasteiger partial charge in [0.25, 0.3) is 0 Å². The zero-order chi connectivity index (χ0) is 43.6. The first kappa shape index (κ1) is 22.0. The fourth-order valence-electron chi connectivity index (χ4n) is 8.34. The van der Waals surface area contributed by atoms with Crippen LogP contribution in [0.2, 0.25) is 0 Å². The summed E-state index contributed by atoms with van der Waals surface area (Å²) < 4.78 is 88.9. The summed E-state index contributed by atoms with van der Waals surface area (Å²) in [7, 11) is 0. The van der Waals surface area contributed by atoms with Crippen molar-refractivity contribution in [2.45, 2.75) is 0 Å². The molecule has 10 aromatic carbocycles. The molecule has 1 aromatic heterocycles. The Labute approximate surface area is 328 Å². The second-order valence-corrected chi connectivity index (χ2v) is 15.4. The van der Waals surface area contributed by atoms with E-state index in [1.54, 1.807) is 0 Å². The third kappa shape index (κ3) is 4.69. The molecule has 0 aliphatic rings. The van der Waals surface area contributed by atoms with Gasteiger partial charge in [-0.1, -0.05) is 0 Å². The van der Waals surface area contributed by atoms with Crippen molar-refractivity contribution in [3.05, 3.63) is 194 Å². The monoisotopic (exact) mass is 746 g/mol. The van der Waals surface area contributed by atoms with Gasteiger partial charge in [-0.15, -0.1) is 0 Å². The molecule has 0 N–H and O–H groups in total. The Morgan fingerprint density at radius 2 is 0.736 bits per heavy atom. The average Bonchev–Trinajstić information content (AvgIpc) is 3.69. The summed E-state index contributed by atoms with van der Waals surface area (Å²) in [6.45, 7) is 0. The van der Waals surface area contributed by atoms with Crippen LogP contribution in [0.1, 0.15) is 13.7 Å². The first-order valence-corrected chi connectivity index (χ1v) is 19.2. The molecule has 11 rings (SSSR count). The van der Waals surface area contributed by atoms with E-state index in [1.807, 2.05) is 84.9 Å². The minimum absolute atomic E-state index is 0.0611. The Balaban J connectivity index is 1.17. The minimum atomic E-state index is -0.422. The van der Waals surface area contributed by atoms with E-state index >= 15 is 0 Å². The van der Waals surface area contributed by atoms with Crippen molar-refractivity contribution in [2.24, 2.45) is 0 Å². The second-order valence-electron chi connectivity index (χ2n) is 13.2. The van der Waals surface area contributed by atoms with E-state index in [1.165, 1.54) is 8.52 Å². The van der Waals surface area contributed by atoms with Crippen LogP contribution in [0.15, 0.2) is 194 Å². The van der Waals surface area contributed by atoms with Crippen molar-refractivity contribution in [1.29, 1.82) is 0 Å². The summed E-state index contributed by atoms with van der Waals surface area (Å²) in [6.07, 6.45) is 0. The average molecular weight is 746 g/mol. The Morgan fingerprint density at radius 3 is 1.19 bits per heavy atom. The van der Waals surface area contributed by atoms with Gasteiger partial charge in [0.2, 0.25) is 0 Å². The summed E-state index contributed by atoms with van der Waals surface area (Å²) in [6, 6.07) is 41.6. The van der Waals surface area contributed by atoms with Gasteiger partial charge in [0.1, 0.15) is 0 Å². The molecule has 0 spiro atoms. The summed E-state index contributed by atoms with van der Waals surface area (Å²) in [5.74, 6) is 0. The first-order valence-electron chi connectivity index (χ1n) is 22.4. The van der Waals surface area contributed by atoms with Crippen LogP contribution in [-0.4, -0.2) is 14.5 Å². The van der Waals surface area contributed by atoms with E-state index in [4.69, 9.17) is 13.7 Å². The first-order chi connectivity index (χ1) is 30.5. The normalized spacial score (nSPS) is 14.4. The molecule has 11 aromatic rings. The molecule has 1 heteroatoms. The van der Waals surface area contributed by atoms with Crippen LogP contribution in [0.5, 0.6) is 0 Å². The number of benzene rings is 10. The number of rotatable bonds is 4. The molecule has 0 amide bonds. The van der Waals surface area contributed by atoms with E-state index in [0.717, 1.165) is 76.1 Å². The molecule has 0 saturated heterocycles. The van der Waals surface area contributed by atoms with Crippen LogP contribution in [0, 0.1) is 0 Å². The summed E-state index contributed by atoms with van der Waals surface area (Å²) >= 11 is -0.0611. The van der Waals surface area contributed by atoms with Crippen LogP contribution in [-0.2, 0) is 0 Å². The van der Waals surface area contributed by atoms with Crippen LogP contribution in [0.4, 0.5) is 0 Å². The molecule has 0 atom stereocenters.